The van der Waals surface area contributed by atoms with E-state index in [1.807, 2.05) is 280 Å². The first-order chi connectivity index (χ1) is 65.2. The van der Waals surface area contributed by atoms with E-state index >= 15 is 0 Å². The van der Waals surface area contributed by atoms with Crippen LogP contribution in [0.3, 0.4) is 0 Å². The summed E-state index contributed by atoms with van der Waals surface area (Å²) in [5, 5.41) is 16.3. The average molecular weight is 2470 g/mol. The Morgan fingerprint density at radius 3 is 0.816 bits per heavy atom. The van der Waals surface area contributed by atoms with Crippen LogP contribution in [-0.2, 0) is 80.4 Å². The second-order valence-corrected chi connectivity index (χ2v) is 31.5. The smallest absolute Gasteiger partial charge is 0.465 e. The van der Waals surface area contributed by atoms with Crippen molar-refractivity contribution in [2.45, 2.75) is 27.7 Å². The molecule has 0 spiro atoms. The van der Waals surface area contributed by atoms with Gasteiger partial charge in [-0.25, -0.2) is 0 Å². The van der Waals surface area contributed by atoms with Gasteiger partial charge in [-0.15, -0.1) is 143 Å². The zero-order valence-corrected chi connectivity index (χ0v) is 83.0. The molecule has 0 atom stereocenters. The van der Waals surface area contributed by atoms with Crippen molar-refractivity contribution in [2.75, 3.05) is 19.2 Å². The molecule has 0 bridgehead atoms. The predicted molar refractivity (Wildman–Crippen MR) is 521 cm³/mol. The van der Waals surface area contributed by atoms with E-state index in [4.69, 9.17) is 18.6 Å². The van der Waals surface area contributed by atoms with Gasteiger partial charge < -0.3 is 57.8 Å². The van der Waals surface area contributed by atoms with Crippen LogP contribution in [0, 0.1) is 76.2 Å². The SMILES string of the molecule is Cc1c[c-]c2c(c1)B1Oc3ccccc3N1c1cccnc1-2.Cc1c[c-]c2c(c1)B1Oc3ccccc3N1c1cccnc1-2.Cc1ccc2c(c1)N1B(O2)c2ccc[c-]c2-c2ncccc21.Cc1ccc2c(c1)N1B(O2)c2ccc[c-]c2-c2ncccc21.[Ir].[Ir].[Ir].[Ir].[c-]1ccccc1-n1cccn1.[c-]1ccccc1-n1cccn1.[c-]1ccccc1-n1cccn1.[c-]1ccccc1-n1cccn1. The van der Waals surface area contributed by atoms with Crippen LogP contribution < -0.4 is 59.7 Å². The Balaban J connectivity index is 0.000000109. The zero-order valence-electron chi connectivity index (χ0n) is 73.4. The maximum Gasteiger partial charge on any atom is 0.465 e. The Labute approximate surface area is 844 Å². The van der Waals surface area contributed by atoms with Gasteiger partial charge in [0.15, 0.2) is 0 Å². The van der Waals surface area contributed by atoms with E-state index in [9.17, 15) is 0 Å². The van der Waals surface area contributed by atoms with Gasteiger partial charge in [0, 0.05) is 200 Å². The number of para-hydroxylation sites is 8. The first-order valence-corrected chi connectivity index (χ1v) is 43.1. The van der Waals surface area contributed by atoms with Crippen LogP contribution in [0.25, 0.3) is 67.8 Å². The van der Waals surface area contributed by atoms with Crippen LogP contribution in [0.5, 0.6) is 23.0 Å². The van der Waals surface area contributed by atoms with E-state index in [-0.39, 0.29) is 109 Å². The van der Waals surface area contributed by atoms with Crippen LogP contribution in [-0.4, -0.2) is 87.3 Å². The van der Waals surface area contributed by atoms with Crippen molar-refractivity contribution in [3.8, 4) is 90.8 Å². The van der Waals surface area contributed by atoms with Gasteiger partial charge in [0.1, 0.15) is 23.0 Å². The number of hydrogen-bond acceptors (Lipinski definition) is 16. The largest absolute Gasteiger partial charge is 0.544 e. The molecule has 4 radical (unpaired) electrons. The second-order valence-electron chi connectivity index (χ2n) is 31.5. The van der Waals surface area contributed by atoms with Crippen LogP contribution in [0.2, 0.25) is 0 Å². The summed E-state index contributed by atoms with van der Waals surface area (Å²) in [7, 11) is -0.553. The Bertz CT molecular complexity index is 6890. The van der Waals surface area contributed by atoms with Gasteiger partial charge in [0.25, 0.3) is 0 Å². The minimum Gasteiger partial charge on any atom is -0.544 e. The molecule has 28 rings (SSSR count). The topological polar surface area (TPSA) is 173 Å². The predicted octanol–water partition coefficient (Wildman–Crippen LogP) is 19.1. The summed E-state index contributed by atoms with van der Waals surface area (Å²) in [6, 6.07) is 130. The average Bonchev–Trinajstić information content (AvgIpc) is 1.59. The number of aryl methyl sites for hydroxylation is 4. The molecule has 0 aliphatic carbocycles. The number of hydrogen-bond donors (Lipinski definition) is 0. The first kappa shape index (κ1) is 93.2. The Hall–Kier alpha value is -14.7. The number of benzene rings is 12. The van der Waals surface area contributed by atoms with Crippen LogP contribution in [0.15, 0.2) is 390 Å². The van der Waals surface area contributed by atoms with Crippen molar-refractivity contribution in [1.29, 1.82) is 0 Å². The standard InChI is InChI=1S/4C18H12BN2O.4C9H7N2.4Ir/c2*1-12-8-9-13-14(11-12)19-21(16-6-4-10-20-18(13)16)15-5-2-3-7-17(15)22-19;2*1-12-8-9-17-16(11-12)21-15-7-4-10-20-18(15)13-5-2-3-6-14(13)19(21)22-17;4*1-2-5-9(6-3-1)11-8-4-7-10-11;;;;/h2*2-8,10-11H,1H3;2*2-4,6-11H,1H3;4*1-5,7-8H;;;;/q8*-1;;;;. The summed E-state index contributed by atoms with van der Waals surface area (Å²) in [4.78, 5) is 27.3. The molecule has 0 unspecified atom stereocenters. The second kappa shape index (κ2) is 42.3. The molecular formula is C108H76B4Ir4N16O4-8. The van der Waals surface area contributed by atoms with Gasteiger partial charge in [-0.1, -0.05) is 72.1 Å². The van der Waals surface area contributed by atoms with E-state index in [0.717, 1.165) is 158 Å². The third-order valence-corrected chi connectivity index (χ3v) is 22.9. The molecule has 0 amide bonds. The van der Waals surface area contributed by atoms with Crippen molar-refractivity contribution in [1.82, 2.24) is 59.1 Å². The quantitative estimate of drug-likeness (QED) is 0.120. The zero-order chi connectivity index (χ0) is 88.8. The molecule has 0 saturated carbocycles. The van der Waals surface area contributed by atoms with Crippen molar-refractivity contribution in [3.63, 3.8) is 0 Å². The van der Waals surface area contributed by atoms with Gasteiger partial charge in [0.2, 0.25) is 0 Å². The summed E-state index contributed by atoms with van der Waals surface area (Å²) >= 11 is 0. The first-order valence-electron chi connectivity index (χ1n) is 43.1. The Morgan fingerprint density at radius 1 is 0.228 bits per heavy atom. The van der Waals surface area contributed by atoms with E-state index in [2.05, 4.69) is 221 Å². The molecule has 8 aromatic heterocycles. The molecule has 668 valence electrons. The summed E-state index contributed by atoms with van der Waals surface area (Å²) in [6.07, 6.45) is 21.9. The molecule has 20 nitrogen and oxygen atoms in total. The summed E-state index contributed by atoms with van der Waals surface area (Å²) in [6.45, 7) is 8.36. The maximum absolute atomic E-state index is 6.23. The van der Waals surface area contributed by atoms with Crippen molar-refractivity contribution in [3.05, 3.63) is 461 Å². The van der Waals surface area contributed by atoms with E-state index < -0.39 is 0 Å². The Morgan fingerprint density at radius 2 is 0.507 bits per heavy atom. The van der Waals surface area contributed by atoms with Crippen molar-refractivity contribution >= 4 is 95.6 Å². The fourth-order valence-corrected chi connectivity index (χ4v) is 17.0. The molecule has 0 saturated heterocycles. The number of fused-ring (bicyclic) bond motifs is 32. The number of anilines is 8. The van der Waals surface area contributed by atoms with E-state index in [1.165, 1.54) is 22.3 Å². The van der Waals surface area contributed by atoms with E-state index in [1.54, 1.807) is 43.5 Å². The Kier molecular flexibility index (Phi) is 29.0. The molecule has 8 aliphatic heterocycles. The van der Waals surface area contributed by atoms with E-state index in [0.29, 0.717) is 0 Å². The molecular weight excluding hydrogens is 2400 g/mol. The van der Waals surface area contributed by atoms with Gasteiger partial charge in [0.05, 0.1) is 22.7 Å². The van der Waals surface area contributed by atoms with Crippen LogP contribution in [0.1, 0.15) is 22.3 Å². The van der Waals surface area contributed by atoms with Crippen LogP contribution >= 0.6 is 0 Å². The molecule has 136 heavy (non-hydrogen) atoms. The summed E-state index contributed by atoms with van der Waals surface area (Å²) in [5.41, 5.74) is 29.9. The monoisotopic (exact) mass is 2480 g/mol. The summed E-state index contributed by atoms with van der Waals surface area (Å²) < 4.78 is 32.0. The third-order valence-electron chi connectivity index (χ3n) is 22.9. The van der Waals surface area contributed by atoms with Gasteiger partial charge in [-0.2, -0.15) is 117 Å². The van der Waals surface area contributed by atoms with Crippen molar-refractivity contribution in [2.24, 2.45) is 0 Å². The van der Waals surface area contributed by atoms with Gasteiger partial charge in [-0.05, 0) is 169 Å². The molecule has 12 aromatic carbocycles. The number of nitrogens with zero attached hydrogens (tertiary/aromatic N) is 16. The number of rotatable bonds is 4. The molecule has 20 aromatic rings. The fourth-order valence-electron chi connectivity index (χ4n) is 17.0. The minimum atomic E-state index is -0.139. The molecule has 16 heterocycles. The normalized spacial score (nSPS) is 12.1. The van der Waals surface area contributed by atoms with Gasteiger partial charge >= 0.3 is 28.2 Å². The van der Waals surface area contributed by atoms with Crippen LogP contribution in [0.4, 0.5) is 45.5 Å². The van der Waals surface area contributed by atoms with Crippen molar-refractivity contribution < 1.29 is 99.0 Å². The minimum absolute atomic E-state index is 0. The molecule has 0 N–H and O–H groups in total. The molecule has 8 aliphatic rings. The number of pyridine rings is 4. The number of aromatic nitrogens is 12. The summed E-state index contributed by atoms with van der Waals surface area (Å²) in [5.74, 6) is 3.66. The third kappa shape index (κ3) is 18.9. The maximum atomic E-state index is 6.23. The van der Waals surface area contributed by atoms with Gasteiger partial charge in [-0.3, -0.25) is 18.7 Å². The fraction of sp³-hybridized carbons (Fsp3) is 0.0370. The molecule has 0 fully saturated rings. The molecule has 28 heteroatoms.